The molecule has 0 bridgehead atoms. The maximum absolute atomic E-state index is 12.0. The van der Waals surface area contributed by atoms with Gasteiger partial charge in [0.25, 0.3) is 0 Å². The summed E-state index contributed by atoms with van der Waals surface area (Å²) in [6, 6.07) is 10.5. The lowest BCUT2D eigenvalue weighted by Crippen LogP contribution is -2.05. The molecule has 0 amide bonds. The maximum Gasteiger partial charge on any atom is 0.136 e. The molecule has 0 N–H and O–H groups in total. The first kappa shape index (κ1) is 11.0. The van der Waals surface area contributed by atoms with Gasteiger partial charge in [0.15, 0.2) is 0 Å². The topological polar surface area (TPSA) is 17.1 Å². The Morgan fingerprint density at radius 2 is 1.82 bits per heavy atom. The van der Waals surface area contributed by atoms with E-state index in [9.17, 15) is 4.79 Å². The van der Waals surface area contributed by atoms with Crippen LogP contribution in [0.3, 0.4) is 0 Å². The Hall–Kier alpha value is -1.11. The molecule has 0 radical (unpaired) electrons. The third kappa shape index (κ3) is 2.29. The van der Waals surface area contributed by atoms with Crippen molar-refractivity contribution in [1.82, 2.24) is 0 Å². The Morgan fingerprint density at radius 1 is 1.12 bits per heavy atom. The summed E-state index contributed by atoms with van der Waals surface area (Å²) in [6.45, 7) is 0. The second-order valence-electron chi connectivity index (χ2n) is 5.59. The number of ketones is 1. The van der Waals surface area contributed by atoms with E-state index in [1.807, 2.05) is 6.07 Å². The molecule has 17 heavy (non-hydrogen) atoms. The molecule has 1 heteroatoms. The molecule has 1 aromatic carbocycles. The summed E-state index contributed by atoms with van der Waals surface area (Å²) in [7, 11) is 0. The molecule has 90 valence electrons. The standard InChI is InChI=1S/C16H20O/c17-15(16-13-9-5-10-14(13)16)11-4-8-12-6-2-1-3-7-12/h1-3,6-7,13-14,16H,4-5,8-11H2. The molecule has 2 unspecified atom stereocenters. The monoisotopic (exact) mass is 228 g/mol. The van der Waals surface area contributed by atoms with Crippen LogP contribution in [-0.4, -0.2) is 5.78 Å². The third-order valence-corrected chi connectivity index (χ3v) is 4.51. The van der Waals surface area contributed by atoms with Crippen molar-refractivity contribution >= 4 is 5.78 Å². The third-order valence-electron chi connectivity index (χ3n) is 4.51. The number of carbonyl (C=O) groups is 1. The summed E-state index contributed by atoms with van der Waals surface area (Å²) < 4.78 is 0. The van der Waals surface area contributed by atoms with Crippen LogP contribution in [0.2, 0.25) is 0 Å². The Kier molecular flexibility index (Phi) is 3.00. The zero-order valence-electron chi connectivity index (χ0n) is 10.3. The van der Waals surface area contributed by atoms with Crippen molar-refractivity contribution in [2.75, 3.05) is 0 Å². The maximum atomic E-state index is 12.0. The number of aryl methyl sites for hydroxylation is 1. The van der Waals surface area contributed by atoms with E-state index >= 15 is 0 Å². The largest absolute Gasteiger partial charge is 0.299 e. The molecule has 0 aliphatic heterocycles. The van der Waals surface area contributed by atoms with Crippen molar-refractivity contribution in [2.24, 2.45) is 17.8 Å². The molecule has 2 aliphatic rings. The SMILES string of the molecule is O=C(CCCc1ccccc1)C1C2CCCC21. The van der Waals surface area contributed by atoms with Crippen LogP contribution in [-0.2, 0) is 11.2 Å². The van der Waals surface area contributed by atoms with Crippen molar-refractivity contribution in [3.05, 3.63) is 35.9 Å². The number of rotatable bonds is 5. The molecule has 1 aromatic rings. The summed E-state index contributed by atoms with van der Waals surface area (Å²) in [5, 5.41) is 0. The van der Waals surface area contributed by atoms with Gasteiger partial charge in [0, 0.05) is 12.3 Å². The van der Waals surface area contributed by atoms with Crippen molar-refractivity contribution in [3.8, 4) is 0 Å². The summed E-state index contributed by atoms with van der Waals surface area (Å²) in [4.78, 5) is 12.0. The van der Waals surface area contributed by atoms with E-state index in [4.69, 9.17) is 0 Å². The highest BCUT2D eigenvalue weighted by atomic mass is 16.1. The number of carbonyl (C=O) groups excluding carboxylic acids is 1. The van der Waals surface area contributed by atoms with Crippen LogP contribution >= 0.6 is 0 Å². The lowest BCUT2D eigenvalue weighted by atomic mass is 10.0. The Morgan fingerprint density at radius 3 is 2.53 bits per heavy atom. The van der Waals surface area contributed by atoms with E-state index in [1.165, 1.54) is 24.8 Å². The average molecular weight is 228 g/mol. The van der Waals surface area contributed by atoms with E-state index in [-0.39, 0.29) is 0 Å². The van der Waals surface area contributed by atoms with Gasteiger partial charge in [-0.1, -0.05) is 36.8 Å². The summed E-state index contributed by atoms with van der Waals surface area (Å²) >= 11 is 0. The molecule has 0 saturated heterocycles. The first-order chi connectivity index (χ1) is 8.36. The van der Waals surface area contributed by atoms with Gasteiger partial charge >= 0.3 is 0 Å². The summed E-state index contributed by atoms with van der Waals surface area (Å²) in [5.74, 6) is 2.61. The highest BCUT2D eigenvalue weighted by Gasteiger charge is 2.55. The molecule has 0 heterocycles. The van der Waals surface area contributed by atoms with Gasteiger partial charge in [0.2, 0.25) is 0 Å². The second-order valence-corrected chi connectivity index (χ2v) is 5.59. The second kappa shape index (κ2) is 4.64. The molecule has 0 aromatic heterocycles. The van der Waals surface area contributed by atoms with Gasteiger partial charge in [-0.2, -0.15) is 0 Å². The molecular weight excluding hydrogens is 208 g/mol. The normalized spacial score (nSPS) is 30.0. The minimum absolute atomic E-state index is 0.472. The lowest BCUT2D eigenvalue weighted by Gasteiger charge is -2.03. The zero-order valence-corrected chi connectivity index (χ0v) is 10.3. The van der Waals surface area contributed by atoms with E-state index in [0.717, 1.165) is 31.1 Å². The molecule has 2 atom stereocenters. The summed E-state index contributed by atoms with van der Waals surface area (Å²) in [6.07, 6.45) is 6.88. The first-order valence-electron chi connectivity index (χ1n) is 6.93. The molecule has 0 spiro atoms. The van der Waals surface area contributed by atoms with E-state index in [2.05, 4.69) is 24.3 Å². The van der Waals surface area contributed by atoms with Gasteiger partial charge in [0.1, 0.15) is 5.78 Å². The quantitative estimate of drug-likeness (QED) is 0.752. The molecular formula is C16H20O. The Bertz CT molecular complexity index is 385. The number of benzene rings is 1. The predicted molar refractivity (Wildman–Crippen MR) is 68.7 cm³/mol. The Balaban J connectivity index is 1.42. The number of hydrogen-bond acceptors (Lipinski definition) is 1. The van der Waals surface area contributed by atoms with Crippen LogP contribution < -0.4 is 0 Å². The fraction of sp³-hybridized carbons (Fsp3) is 0.562. The first-order valence-corrected chi connectivity index (χ1v) is 6.93. The van der Waals surface area contributed by atoms with Crippen LogP contribution in [0.4, 0.5) is 0 Å². The molecule has 1 nitrogen and oxygen atoms in total. The summed E-state index contributed by atoms with van der Waals surface area (Å²) in [5.41, 5.74) is 1.36. The van der Waals surface area contributed by atoms with Gasteiger partial charge in [0.05, 0.1) is 0 Å². The van der Waals surface area contributed by atoms with Gasteiger partial charge in [-0.3, -0.25) is 4.79 Å². The number of fused-ring (bicyclic) bond motifs is 1. The van der Waals surface area contributed by atoms with Crippen molar-refractivity contribution in [3.63, 3.8) is 0 Å². The van der Waals surface area contributed by atoms with Crippen LogP contribution in [0.1, 0.15) is 37.7 Å². The number of hydrogen-bond donors (Lipinski definition) is 0. The molecule has 2 saturated carbocycles. The highest BCUT2D eigenvalue weighted by molar-refractivity contribution is 5.84. The highest BCUT2D eigenvalue weighted by Crippen LogP contribution is 2.58. The minimum Gasteiger partial charge on any atom is -0.299 e. The van der Waals surface area contributed by atoms with Crippen LogP contribution in [0.5, 0.6) is 0 Å². The fourth-order valence-corrected chi connectivity index (χ4v) is 3.58. The molecule has 3 rings (SSSR count). The van der Waals surface area contributed by atoms with Crippen molar-refractivity contribution in [1.29, 1.82) is 0 Å². The predicted octanol–water partition coefficient (Wildman–Crippen LogP) is 3.62. The lowest BCUT2D eigenvalue weighted by molar-refractivity contribution is -0.121. The molecule has 2 fully saturated rings. The van der Waals surface area contributed by atoms with E-state index in [0.29, 0.717) is 11.7 Å². The van der Waals surface area contributed by atoms with Gasteiger partial charge in [-0.05, 0) is 43.1 Å². The minimum atomic E-state index is 0.472. The average Bonchev–Trinajstić information content (AvgIpc) is 2.84. The van der Waals surface area contributed by atoms with E-state index < -0.39 is 0 Å². The van der Waals surface area contributed by atoms with Crippen molar-refractivity contribution < 1.29 is 4.79 Å². The van der Waals surface area contributed by atoms with Gasteiger partial charge in [-0.25, -0.2) is 0 Å². The van der Waals surface area contributed by atoms with Crippen LogP contribution in [0.15, 0.2) is 30.3 Å². The fourth-order valence-electron chi connectivity index (χ4n) is 3.58. The smallest absolute Gasteiger partial charge is 0.136 e. The zero-order chi connectivity index (χ0) is 11.7. The van der Waals surface area contributed by atoms with E-state index in [1.54, 1.807) is 0 Å². The Labute approximate surface area is 103 Å². The van der Waals surface area contributed by atoms with Gasteiger partial charge in [-0.15, -0.1) is 0 Å². The van der Waals surface area contributed by atoms with Crippen LogP contribution in [0, 0.1) is 17.8 Å². The van der Waals surface area contributed by atoms with Gasteiger partial charge < -0.3 is 0 Å². The van der Waals surface area contributed by atoms with Crippen LogP contribution in [0.25, 0.3) is 0 Å². The molecule has 2 aliphatic carbocycles. The number of Topliss-reactive ketones (excluding diaryl/α,β-unsaturated/α-hetero) is 1. The van der Waals surface area contributed by atoms with Crippen molar-refractivity contribution in [2.45, 2.75) is 38.5 Å².